The summed E-state index contributed by atoms with van der Waals surface area (Å²) < 4.78 is 1.70. The summed E-state index contributed by atoms with van der Waals surface area (Å²) >= 11 is 0. The number of guanidine groups is 1. The van der Waals surface area contributed by atoms with Gasteiger partial charge >= 0.3 is 0 Å². The Morgan fingerprint density at radius 1 is 1.33 bits per heavy atom. The van der Waals surface area contributed by atoms with Crippen molar-refractivity contribution in [2.24, 2.45) is 4.99 Å². The Morgan fingerprint density at radius 2 is 2.17 bits per heavy atom. The van der Waals surface area contributed by atoms with Crippen molar-refractivity contribution in [3.05, 3.63) is 42.4 Å². The second-order valence-corrected chi connectivity index (χ2v) is 5.31. The number of rotatable bonds is 6. The van der Waals surface area contributed by atoms with Gasteiger partial charge in [-0.25, -0.2) is 14.7 Å². The van der Waals surface area contributed by atoms with Crippen LogP contribution in [0.1, 0.15) is 12.5 Å². The minimum atomic E-state index is -0.00881. The zero-order valence-electron chi connectivity index (χ0n) is 14.2. The minimum absolute atomic E-state index is 0.00881. The number of hydrogen-bond acceptors (Lipinski definition) is 4. The van der Waals surface area contributed by atoms with Crippen molar-refractivity contribution in [1.29, 1.82) is 0 Å². The molecule has 0 unspecified atom stereocenters. The molecule has 0 aliphatic rings. The number of nitrogens with one attached hydrogen (secondary N) is 2. The fourth-order valence-electron chi connectivity index (χ4n) is 1.92. The Morgan fingerprint density at radius 3 is 2.83 bits per heavy atom. The molecule has 0 atom stereocenters. The Labute approximate surface area is 141 Å². The molecule has 2 aromatic rings. The van der Waals surface area contributed by atoms with Crippen LogP contribution in [0.3, 0.4) is 0 Å². The zero-order valence-corrected chi connectivity index (χ0v) is 14.2. The van der Waals surface area contributed by atoms with Crippen LogP contribution in [0.25, 0.3) is 5.82 Å². The smallest absolute Gasteiger partial charge is 0.241 e. The van der Waals surface area contributed by atoms with E-state index in [1.54, 1.807) is 31.2 Å². The van der Waals surface area contributed by atoms with E-state index < -0.39 is 0 Å². The molecular formula is C16H23N7O. The molecule has 0 aliphatic carbocycles. The van der Waals surface area contributed by atoms with E-state index in [-0.39, 0.29) is 12.5 Å². The van der Waals surface area contributed by atoms with Crippen LogP contribution in [-0.4, -0.2) is 58.7 Å². The maximum Gasteiger partial charge on any atom is 0.241 e. The first-order valence-corrected chi connectivity index (χ1v) is 7.77. The van der Waals surface area contributed by atoms with Crippen LogP contribution in [0.2, 0.25) is 0 Å². The van der Waals surface area contributed by atoms with E-state index in [1.165, 1.54) is 4.90 Å². The van der Waals surface area contributed by atoms with Gasteiger partial charge in [0.25, 0.3) is 0 Å². The third-order valence-corrected chi connectivity index (χ3v) is 3.22. The average molecular weight is 329 g/mol. The summed E-state index contributed by atoms with van der Waals surface area (Å²) in [4.78, 5) is 22.0. The summed E-state index contributed by atoms with van der Waals surface area (Å²) in [6.45, 7) is 3.38. The highest BCUT2D eigenvalue weighted by Crippen LogP contribution is 2.07. The predicted octanol–water partition coefficient (Wildman–Crippen LogP) is 0.411. The molecular weight excluding hydrogens is 306 g/mol. The van der Waals surface area contributed by atoms with Gasteiger partial charge in [-0.15, -0.1) is 0 Å². The van der Waals surface area contributed by atoms with Crippen molar-refractivity contribution in [2.75, 3.05) is 27.2 Å². The summed E-state index contributed by atoms with van der Waals surface area (Å²) in [5.41, 5.74) is 1.01. The van der Waals surface area contributed by atoms with E-state index in [9.17, 15) is 4.79 Å². The minimum Gasteiger partial charge on any atom is -0.357 e. The van der Waals surface area contributed by atoms with E-state index in [0.717, 1.165) is 17.9 Å². The lowest BCUT2D eigenvalue weighted by Crippen LogP contribution is -2.42. The summed E-state index contributed by atoms with van der Waals surface area (Å²) in [6, 6.07) is 5.69. The molecule has 1 amide bonds. The van der Waals surface area contributed by atoms with Crippen LogP contribution in [0.15, 0.2) is 41.8 Å². The van der Waals surface area contributed by atoms with Crippen LogP contribution < -0.4 is 10.6 Å². The number of hydrogen-bond donors (Lipinski definition) is 2. The SMILES string of the molecule is CCNC(=NCc1ccnc(-n2cccn2)c1)NCC(=O)N(C)C. The molecule has 0 aliphatic heterocycles. The van der Waals surface area contributed by atoms with E-state index in [0.29, 0.717) is 12.5 Å². The maximum atomic E-state index is 11.7. The lowest BCUT2D eigenvalue weighted by Gasteiger charge is -2.14. The Kier molecular flexibility index (Phi) is 6.30. The molecule has 128 valence electrons. The molecule has 0 fully saturated rings. The van der Waals surface area contributed by atoms with E-state index in [4.69, 9.17) is 0 Å². The standard InChI is InChI=1S/C16H23N7O/c1-4-17-16(20-12-15(24)22(2)3)19-11-13-6-8-18-14(10-13)23-9-5-7-21-23/h5-10H,4,11-12H2,1-3H3,(H2,17,19,20). The molecule has 2 aromatic heterocycles. The van der Waals surface area contributed by atoms with Gasteiger partial charge in [0.15, 0.2) is 11.8 Å². The summed E-state index contributed by atoms with van der Waals surface area (Å²) in [6.07, 6.45) is 5.28. The van der Waals surface area contributed by atoms with Gasteiger partial charge in [-0.05, 0) is 30.7 Å². The first-order valence-electron chi connectivity index (χ1n) is 7.77. The van der Waals surface area contributed by atoms with E-state index in [1.807, 2.05) is 31.3 Å². The van der Waals surface area contributed by atoms with Crippen molar-refractivity contribution < 1.29 is 4.79 Å². The number of pyridine rings is 1. The molecule has 24 heavy (non-hydrogen) atoms. The summed E-state index contributed by atoms with van der Waals surface area (Å²) in [5, 5.41) is 10.3. The molecule has 8 heteroatoms. The van der Waals surface area contributed by atoms with Crippen LogP contribution in [0, 0.1) is 0 Å². The molecule has 2 N–H and O–H groups in total. The molecule has 0 spiro atoms. The normalized spacial score (nSPS) is 11.2. The fraction of sp³-hybridized carbons (Fsp3) is 0.375. The average Bonchev–Trinajstić information content (AvgIpc) is 3.12. The van der Waals surface area contributed by atoms with Crippen LogP contribution in [0.5, 0.6) is 0 Å². The second-order valence-electron chi connectivity index (χ2n) is 5.31. The van der Waals surface area contributed by atoms with E-state index >= 15 is 0 Å². The van der Waals surface area contributed by atoms with Crippen LogP contribution >= 0.6 is 0 Å². The summed E-state index contributed by atoms with van der Waals surface area (Å²) in [5.74, 6) is 1.34. The molecule has 2 heterocycles. The van der Waals surface area contributed by atoms with Crippen molar-refractivity contribution >= 4 is 11.9 Å². The van der Waals surface area contributed by atoms with Crippen molar-refractivity contribution in [3.8, 4) is 5.82 Å². The predicted molar refractivity (Wildman–Crippen MR) is 92.9 cm³/mol. The zero-order chi connectivity index (χ0) is 17.4. The molecule has 0 radical (unpaired) electrons. The quantitative estimate of drug-likeness (QED) is 0.592. The maximum absolute atomic E-state index is 11.7. The highest BCUT2D eigenvalue weighted by atomic mass is 16.2. The van der Waals surface area contributed by atoms with E-state index in [2.05, 4.69) is 25.7 Å². The molecule has 0 saturated carbocycles. The molecule has 0 saturated heterocycles. The molecule has 8 nitrogen and oxygen atoms in total. The van der Waals surface area contributed by atoms with Crippen molar-refractivity contribution in [2.45, 2.75) is 13.5 Å². The second kappa shape index (κ2) is 8.66. The number of carbonyl (C=O) groups excluding carboxylic acids is 1. The third kappa shape index (κ3) is 5.08. The fourth-order valence-corrected chi connectivity index (χ4v) is 1.92. The third-order valence-electron chi connectivity index (χ3n) is 3.22. The van der Waals surface area contributed by atoms with Crippen LogP contribution in [0.4, 0.5) is 0 Å². The number of amides is 1. The number of aliphatic imine (C=N–C) groups is 1. The van der Waals surface area contributed by atoms with Crippen LogP contribution in [-0.2, 0) is 11.3 Å². The molecule has 0 bridgehead atoms. The van der Waals surface area contributed by atoms with Gasteiger partial charge in [-0.2, -0.15) is 5.10 Å². The number of carbonyl (C=O) groups is 1. The number of aromatic nitrogens is 3. The lowest BCUT2D eigenvalue weighted by atomic mass is 10.2. The first kappa shape index (κ1) is 17.5. The lowest BCUT2D eigenvalue weighted by molar-refractivity contribution is -0.127. The molecule has 2 rings (SSSR count). The Bertz CT molecular complexity index is 679. The van der Waals surface area contributed by atoms with Gasteiger partial charge < -0.3 is 15.5 Å². The monoisotopic (exact) mass is 329 g/mol. The van der Waals surface area contributed by atoms with Crippen molar-refractivity contribution in [3.63, 3.8) is 0 Å². The molecule has 0 aromatic carbocycles. The Hall–Kier alpha value is -2.90. The topological polar surface area (TPSA) is 87.4 Å². The van der Waals surface area contributed by atoms with Gasteiger partial charge in [0.1, 0.15) is 0 Å². The Balaban J connectivity index is 2.03. The van der Waals surface area contributed by atoms with Gasteiger partial charge in [0, 0.05) is 39.2 Å². The first-order chi connectivity index (χ1) is 11.6. The van der Waals surface area contributed by atoms with Gasteiger partial charge in [0.05, 0.1) is 13.1 Å². The summed E-state index contributed by atoms with van der Waals surface area (Å²) in [7, 11) is 3.45. The van der Waals surface area contributed by atoms with Gasteiger partial charge in [-0.3, -0.25) is 4.79 Å². The highest BCUT2D eigenvalue weighted by Gasteiger charge is 2.05. The van der Waals surface area contributed by atoms with Gasteiger partial charge in [0.2, 0.25) is 5.91 Å². The number of nitrogens with zero attached hydrogens (tertiary/aromatic N) is 5. The highest BCUT2D eigenvalue weighted by molar-refractivity contribution is 5.86. The van der Waals surface area contributed by atoms with Gasteiger partial charge in [-0.1, -0.05) is 0 Å². The number of likely N-dealkylation sites (N-methyl/N-ethyl adjacent to an activating group) is 1. The van der Waals surface area contributed by atoms with Crippen molar-refractivity contribution in [1.82, 2.24) is 30.3 Å². The largest absolute Gasteiger partial charge is 0.357 e.